The summed E-state index contributed by atoms with van der Waals surface area (Å²) in [6.07, 6.45) is 1.59. The highest BCUT2D eigenvalue weighted by Gasteiger charge is 2.23. The molecule has 2 aromatic carbocycles. The molecule has 0 radical (unpaired) electrons. The van der Waals surface area contributed by atoms with E-state index in [0.29, 0.717) is 28.8 Å². The van der Waals surface area contributed by atoms with Crippen LogP contribution in [0.25, 0.3) is 11.0 Å². The normalized spacial score (nSPS) is 11.7. The van der Waals surface area contributed by atoms with Crippen molar-refractivity contribution in [2.45, 2.75) is 39.2 Å². The number of amides is 1. The first kappa shape index (κ1) is 22.6. The number of nitrogens with zero attached hydrogens (tertiary/aromatic N) is 1. The number of hydrogen-bond donors (Lipinski definition) is 1. The largest absolute Gasteiger partial charge is 0.496 e. The van der Waals surface area contributed by atoms with Gasteiger partial charge < -0.3 is 19.4 Å². The van der Waals surface area contributed by atoms with E-state index in [2.05, 4.69) is 24.1 Å². The summed E-state index contributed by atoms with van der Waals surface area (Å²) in [4.78, 5) is 27.5. The number of benzene rings is 2. The van der Waals surface area contributed by atoms with Crippen LogP contribution in [0.5, 0.6) is 5.75 Å². The third-order valence-electron chi connectivity index (χ3n) is 5.89. The van der Waals surface area contributed by atoms with Gasteiger partial charge in [-0.2, -0.15) is 0 Å². The fourth-order valence-electron chi connectivity index (χ4n) is 3.48. The molecule has 0 aliphatic carbocycles. The molecule has 6 nitrogen and oxygen atoms in total. The van der Waals surface area contributed by atoms with E-state index >= 15 is 0 Å². The number of rotatable bonds is 7. The minimum Gasteiger partial charge on any atom is -0.496 e. The van der Waals surface area contributed by atoms with Gasteiger partial charge in [0.1, 0.15) is 16.9 Å². The average molecular weight is 423 g/mol. The number of fused-ring (bicyclic) bond motifs is 1. The van der Waals surface area contributed by atoms with E-state index in [9.17, 15) is 9.59 Å². The Kier molecular flexibility index (Phi) is 6.51. The summed E-state index contributed by atoms with van der Waals surface area (Å²) >= 11 is 0. The molecule has 1 N–H and O–H groups in total. The second kappa shape index (κ2) is 8.94. The molecular formula is C25H30N2O4. The summed E-state index contributed by atoms with van der Waals surface area (Å²) in [5.41, 5.74) is 2.21. The zero-order valence-corrected chi connectivity index (χ0v) is 19.0. The molecule has 0 atom stereocenters. The van der Waals surface area contributed by atoms with E-state index < -0.39 is 11.5 Å². The minimum atomic E-state index is -0.666. The molecule has 31 heavy (non-hydrogen) atoms. The zero-order valence-electron chi connectivity index (χ0n) is 19.0. The van der Waals surface area contributed by atoms with Gasteiger partial charge in [0.2, 0.25) is 0 Å². The van der Waals surface area contributed by atoms with Crippen LogP contribution in [0.3, 0.4) is 0 Å². The van der Waals surface area contributed by atoms with Crippen molar-refractivity contribution < 1.29 is 13.9 Å². The Labute approximate surface area is 182 Å². The van der Waals surface area contributed by atoms with Crippen LogP contribution in [0.1, 0.15) is 48.7 Å². The summed E-state index contributed by atoms with van der Waals surface area (Å²) in [6, 6.07) is 12.8. The Morgan fingerprint density at radius 1 is 1.13 bits per heavy atom. The highest BCUT2D eigenvalue weighted by Crippen LogP contribution is 2.29. The van der Waals surface area contributed by atoms with E-state index in [1.54, 1.807) is 19.2 Å². The van der Waals surface area contributed by atoms with Gasteiger partial charge in [-0.25, -0.2) is 4.79 Å². The number of nitrogens with one attached hydrogen (secondary N) is 1. The highest BCUT2D eigenvalue weighted by molar-refractivity contribution is 6.05. The van der Waals surface area contributed by atoms with Crippen molar-refractivity contribution in [1.29, 1.82) is 0 Å². The molecule has 1 amide bonds. The number of carbonyl (C=O) groups excluding carboxylic acids is 1. The maximum absolute atomic E-state index is 12.8. The van der Waals surface area contributed by atoms with Crippen molar-refractivity contribution in [1.82, 2.24) is 4.90 Å². The van der Waals surface area contributed by atoms with Crippen LogP contribution < -0.4 is 15.7 Å². The van der Waals surface area contributed by atoms with E-state index in [4.69, 9.17) is 9.15 Å². The van der Waals surface area contributed by atoms with Gasteiger partial charge >= 0.3 is 5.63 Å². The summed E-state index contributed by atoms with van der Waals surface area (Å²) < 4.78 is 11.0. The third-order valence-corrected chi connectivity index (χ3v) is 5.89. The molecular weight excluding hydrogens is 392 g/mol. The lowest BCUT2D eigenvalue weighted by Gasteiger charge is -2.33. The molecule has 0 bridgehead atoms. The first-order valence-corrected chi connectivity index (χ1v) is 10.4. The third kappa shape index (κ3) is 4.49. The first-order chi connectivity index (χ1) is 14.7. The van der Waals surface area contributed by atoms with Gasteiger partial charge in [0.25, 0.3) is 5.91 Å². The molecule has 0 aliphatic rings. The molecule has 1 heterocycles. The Morgan fingerprint density at radius 2 is 1.81 bits per heavy atom. The van der Waals surface area contributed by atoms with Gasteiger partial charge in [-0.1, -0.05) is 25.5 Å². The predicted molar refractivity (Wildman–Crippen MR) is 124 cm³/mol. The smallest absolute Gasteiger partial charge is 0.349 e. The highest BCUT2D eigenvalue weighted by atomic mass is 16.5. The maximum Gasteiger partial charge on any atom is 0.349 e. The van der Waals surface area contributed by atoms with Gasteiger partial charge in [-0.05, 0) is 70.3 Å². The van der Waals surface area contributed by atoms with Crippen molar-refractivity contribution in [3.8, 4) is 5.75 Å². The van der Waals surface area contributed by atoms with Crippen LogP contribution >= 0.6 is 0 Å². The molecule has 6 heteroatoms. The molecule has 0 aliphatic heterocycles. The van der Waals surface area contributed by atoms with Crippen LogP contribution in [-0.2, 0) is 12.0 Å². The van der Waals surface area contributed by atoms with E-state index in [1.807, 2.05) is 51.4 Å². The fourth-order valence-corrected chi connectivity index (χ4v) is 3.48. The van der Waals surface area contributed by atoms with Gasteiger partial charge in [0, 0.05) is 22.2 Å². The van der Waals surface area contributed by atoms with Crippen LogP contribution in [0.4, 0.5) is 5.69 Å². The lowest BCUT2D eigenvalue weighted by molar-refractivity contribution is 0.102. The van der Waals surface area contributed by atoms with Gasteiger partial charge in [0.15, 0.2) is 0 Å². The van der Waals surface area contributed by atoms with Gasteiger partial charge in [-0.3, -0.25) is 4.79 Å². The van der Waals surface area contributed by atoms with Gasteiger partial charge in [-0.15, -0.1) is 0 Å². The van der Waals surface area contributed by atoms with Crippen molar-refractivity contribution in [2.24, 2.45) is 0 Å². The SMILES string of the molecule is CCCc1c(OC)ccc2cc(C(=O)Nc3ccc(C(C)(C)N(C)C)cc3)c(=O)oc12. The monoisotopic (exact) mass is 422 g/mol. The standard InChI is InChI=1S/C25H30N2O4/c1-7-8-19-21(30-6)14-9-16-15-20(24(29)31-22(16)19)23(28)26-18-12-10-17(11-13-18)25(2,3)27(4)5/h9-15H,7-8H2,1-6H3,(H,26,28). The summed E-state index contributed by atoms with van der Waals surface area (Å²) in [6.45, 7) is 6.30. The van der Waals surface area contributed by atoms with Crippen LogP contribution in [0, 0.1) is 0 Å². The van der Waals surface area contributed by atoms with Crippen LogP contribution in [0.15, 0.2) is 51.7 Å². The lowest BCUT2D eigenvalue weighted by Crippen LogP contribution is -2.35. The molecule has 0 unspecified atom stereocenters. The summed E-state index contributed by atoms with van der Waals surface area (Å²) in [5.74, 6) is 0.179. The van der Waals surface area contributed by atoms with Crippen molar-refractivity contribution >= 4 is 22.6 Å². The topological polar surface area (TPSA) is 71.8 Å². The molecule has 3 rings (SSSR count). The van der Waals surface area contributed by atoms with Gasteiger partial charge in [0.05, 0.1) is 7.11 Å². The maximum atomic E-state index is 12.8. The van der Waals surface area contributed by atoms with Crippen LogP contribution in [-0.4, -0.2) is 32.0 Å². The molecule has 0 fully saturated rings. The molecule has 3 aromatic rings. The van der Waals surface area contributed by atoms with E-state index in [1.165, 1.54) is 0 Å². The molecule has 0 spiro atoms. The van der Waals surface area contributed by atoms with E-state index in [-0.39, 0.29) is 11.1 Å². The first-order valence-electron chi connectivity index (χ1n) is 10.4. The average Bonchev–Trinajstić information content (AvgIpc) is 2.74. The van der Waals surface area contributed by atoms with Crippen LogP contribution in [0.2, 0.25) is 0 Å². The quantitative estimate of drug-likeness (QED) is 0.554. The number of aryl methyl sites for hydroxylation is 1. The lowest BCUT2D eigenvalue weighted by atomic mass is 9.93. The minimum absolute atomic E-state index is 0.0298. The Morgan fingerprint density at radius 3 is 2.39 bits per heavy atom. The molecule has 164 valence electrons. The van der Waals surface area contributed by atoms with Crippen molar-refractivity contribution in [3.05, 3.63) is 69.6 Å². The number of hydrogen-bond acceptors (Lipinski definition) is 5. The second-order valence-corrected chi connectivity index (χ2v) is 8.35. The Balaban J connectivity index is 1.91. The number of anilines is 1. The van der Waals surface area contributed by atoms with Crippen molar-refractivity contribution in [2.75, 3.05) is 26.5 Å². The number of methoxy groups -OCH3 is 1. The van der Waals surface area contributed by atoms with Crippen molar-refractivity contribution in [3.63, 3.8) is 0 Å². The second-order valence-electron chi connectivity index (χ2n) is 8.35. The van der Waals surface area contributed by atoms with E-state index in [0.717, 1.165) is 17.5 Å². The number of ether oxygens (including phenoxy) is 1. The summed E-state index contributed by atoms with van der Waals surface area (Å²) in [5, 5.41) is 3.49. The summed E-state index contributed by atoms with van der Waals surface area (Å²) in [7, 11) is 5.64. The molecule has 0 saturated heterocycles. The zero-order chi connectivity index (χ0) is 22.8. The predicted octanol–water partition coefficient (Wildman–Crippen LogP) is 4.80. The molecule has 0 saturated carbocycles. The Hall–Kier alpha value is -3.12. The number of carbonyl (C=O) groups is 1. The Bertz CT molecular complexity index is 1140. The fraction of sp³-hybridized carbons (Fsp3) is 0.360. The molecule has 1 aromatic heterocycles.